The lowest BCUT2D eigenvalue weighted by atomic mass is 9.85. The summed E-state index contributed by atoms with van der Waals surface area (Å²) in [5.74, 6) is 0.0325. The zero-order valence-corrected chi connectivity index (χ0v) is 25.1. The van der Waals surface area contributed by atoms with Crippen molar-refractivity contribution in [1.82, 2.24) is 9.69 Å². The van der Waals surface area contributed by atoms with Crippen molar-refractivity contribution >= 4 is 35.2 Å². The lowest BCUT2D eigenvalue weighted by Gasteiger charge is -2.24. The largest absolute Gasteiger partial charge is 0.480 e. The lowest BCUT2D eigenvalue weighted by molar-refractivity contribution is -0.139. The molecule has 1 aliphatic rings. The number of amides is 1. The molecule has 0 radical (unpaired) electrons. The Kier molecular flexibility index (Phi) is 11.6. The first-order valence-electron chi connectivity index (χ1n) is 14.2. The molecule has 6 nitrogen and oxygen atoms in total. The Bertz CT molecular complexity index is 1240. The second-order valence-corrected chi connectivity index (χ2v) is 12.5. The van der Waals surface area contributed by atoms with Crippen LogP contribution in [0.25, 0.3) is 11.1 Å². The molecular weight excluding hydrogens is 540 g/mol. The van der Waals surface area contributed by atoms with Crippen LogP contribution in [-0.4, -0.2) is 39.4 Å². The van der Waals surface area contributed by atoms with Gasteiger partial charge in [-0.05, 0) is 96.1 Å². The van der Waals surface area contributed by atoms with Gasteiger partial charge in [-0.25, -0.2) is 9.17 Å². The number of benzene rings is 2. The molecule has 2 aromatic carbocycles. The van der Waals surface area contributed by atoms with Gasteiger partial charge < -0.3 is 15.2 Å². The average molecular weight is 581 g/mol. The molecule has 0 spiro atoms. The number of nitrogens with one attached hydrogen (secondary N) is 1. The Morgan fingerprint density at radius 2 is 1.90 bits per heavy atom. The van der Waals surface area contributed by atoms with Gasteiger partial charge in [-0.3, -0.25) is 4.79 Å². The molecule has 1 saturated carbocycles. The zero-order chi connectivity index (χ0) is 28.3. The number of nitrogens with zero attached hydrogens (tertiary/aromatic N) is 1. The van der Waals surface area contributed by atoms with Crippen molar-refractivity contribution in [2.45, 2.75) is 77.0 Å². The molecule has 1 fully saturated rings. The molecule has 1 aliphatic carbocycles. The van der Waals surface area contributed by atoms with E-state index in [9.17, 15) is 14.7 Å². The van der Waals surface area contributed by atoms with Gasteiger partial charge in [0.2, 0.25) is 0 Å². The van der Waals surface area contributed by atoms with Gasteiger partial charge in [-0.2, -0.15) is 11.8 Å². The van der Waals surface area contributed by atoms with Crippen LogP contribution >= 0.6 is 23.3 Å². The topological polar surface area (TPSA) is 88.5 Å². The summed E-state index contributed by atoms with van der Waals surface area (Å²) in [6.45, 7) is 2.43. The molecule has 1 heterocycles. The maximum Gasteiger partial charge on any atom is 0.326 e. The van der Waals surface area contributed by atoms with Crippen LogP contribution in [0.1, 0.15) is 83.8 Å². The highest BCUT2D eigenvalue weighted by atomic mass is 32.2. The van der Waals surface area contributed by atoms with Gasteiger partial charge in [0.25, 0.3) is 5.91 Å². The fourth-order valence-electron chi connectivity index (χ4n) is 5.47. The number of aliphatic carboxylic acids is 1. The van der Waals surface area contributed by atoms with E-state index in [1.54, 1.807) is 17.8 Å². The maximum absolute atomic E-state index is 13.4. The minimum absolute atomic E-state index is 0.00734. The van der Waals surface area contributed by atoms with E-state index in [4.69, 9.17) is 4.74 Å². The molecule has 0 bridgehead atoms. The number of carbonyl (C=O) groups is 2. The third kappa shape index (κ3) is 8.41. The number of rotatable bonds is 14. The van der Waals surface area contributed by atoms with Crippen LogP contribution in [0.15, 0.2) is 54.7 Å². The van der Waals surface area contributed by atoms with Crippen molar-refractivity contribution in [2.24, 2.45) is 5.92 Å². The predicted octanol–water partition coefficient (Wildman–Crippen LogP) is 7.67. The van der Waals surface area contributed by atoms with E-state index in [1.165, 1.54) is 43.6 Å². The first kappa shape index (κ1) is 30.3. The van der Waals surface area contributed by atoms with Crippen molar-refractivity contribution in [3.05, 3.63) is 76.3 Å². The molecule has 0 saturated heterocycles. The van der Waals surface area contributed by atoms with Gasteiger partial charge in [0.05, 0.1) is 17.6 Å². The predicted molar refractivity (Wildman–Crippen MR) is 164 cm³/mol. The summed E-state index contributed by atoms with van der Waals surface area (Å²) < 4.78 is 10.8. The van der Waals surface area contributed by atoms with Crippen molar-refractivity contribution < 1.29 is 19.4 Å². The van der Waals surface area contributed by atoms with E-state index in [2.05, 4.69) is 15.8 Å². The molecule has 3 aromatic rings. The summed E-state index contributed by atoms with van der Waals surface area (Å²) >= 11 is 3.06. The van der Waals surface area contributed by atoms with E-state index in [0.29, 0.717) is 24.3 Å². The van der Waals surface area contributed by atoms with Gasteiger partial charge in [0, 0.05) is 11.8 Å². The van der Waals surface area contributed by atoms with Gasteiger partial charge in [-0.15, -0.1) is 0 Å². The Morgan fingerprint density at radius 3 is 2.60 bits per heavy atom. The minimum atomic E-state index is -1.02. The molecule has 40 heavy (non-hydrogen) atoms. The molecule has 4 rings (SSSR count). The fourth-order valence-corrected chi connectivity index (χ4v) is 6.61. The van der Waals surface area contributed by atoms with Crippen LogP contribution < -0.4 is 5.32 Å². The minimum Gasteiger partial charge on any atom is -0.480 e. The number of thioether (sulfide) groups is 1. The summed E-state index contributed by atoms with van der Waals surface area (Å²) in [4.78, 5) is 26.3. The average Bonchev–Trinajstić information content (AvgIpc) is 3.51. The Balaban J connectivity index is 1.54. The maximum atomic E-state index is 13.4. The van der Waals surface area contributed by atoms with E-state index in [0.717, 1.165) is 45.9 Å². The van der Waals surface area contributed by atoms with E-state index >= 15 is 0 Å². The number of aryl methyl sites for hydroxylation is 1. The summed E-state index contributed by atoms with van der Waals surface area (Å²) in [6, 6.07) is 14.8. The standard InChI is InChI=1S/C32H40N2O4S2/c1-22-8-6-7-11-25(22)27-20-24(12-14-26(27)31(35)34-28(32(36)37)17-19-39-2)21-38-29(30-16-18-33-40-30)15-13-23-9-4-3-5-10-23/h6-8,11-12,14,16,18,20,23,28-29H,3-5,9-10,13,15,17,19,21H2,1-2H3,(H,34,35)(H,36,37)/t28-,29?/m0/s1. The first-order chi connectivity index (χ1) is 19.5. The third-order valence-electron chi connectivity index (χ3n) is 7.77. The van der Waals surface area contributed by atoms with Crippen LogP contribution in [-0.2, 0) is 16.1 Å². The summed E-state index contributed by atoms with van der Waals surface area (Å²) in [5.41, 5.74) is 4.20. The summed E-state index contributed by atoms with van der Waals surface area (Å²) in [5, 5.41) is 12.4. The van der Waals surface area contributed by atoms with Crippen molar-refractivity contribution in [3.8, 4) is 11.1 Å². The highest BCUT2D eigenvalue weighted by Crippen LogP contribution is 2.34. The molecule has 0 aliphatic heterocycles. The summed E-state index contributed by atoms with van der Waals surface area (Å²) in [7, 11) is 0. The summed E-state index contributed by atoms with van der Waals surface area (Å²) in [6.07, 6.45) is 12.9. The van der Waals surface area contributed by atoms with Gasteiger partial charge in [-0.1, -0.05) is 62.4 Å². The van der Waals surface area contributed by atoms with Gasteiger partial charge in [0.1, 0.15) is 6.04 Å². The number of carboxylic acid groups (broad SMARTS) is 1. The molecule has 1 amide bonds. The number of aromatic nitrogens is 1. The zero-order valence-electron chi connectivity index (χ0n) is 23.4. The highest BCUT2D eigenvalue weighted by Gasteiger charge is 2.24. The first-order valence-corrected chi connectivity index (χ1v) is 16.4. The lowest BCUT2D eigenvalue weighted by Crippen LogP contribution is -2.41. The normalized spacial score (nSPS) is 15.4. The van der Waals surface area contributed by atoms with Crippen LogP contribution in [0.2, 0.25) is 0 Å². The van der Waals surface area contributed by atoms with Crippen LogP contribution in [0.3, 0.4) is 0 Å². The van der Waals surface area contributed by atoms with Crippen molar-refractivity contribution in [3.63, 3.8) is 0 Å². The van der Waals surface area contributed by atoms with Crippen molar-refractivity contribution in [1.29, 1.82) is 0 Å². The number of hydrogen-bond acceptors (Lipinski definition) is 6. The molecule has 214 valence electrons. The number of hydrogen-bond donors (Lipinski definition) is 2. The Morgan fingerprint density at radius 1 is 1.10 bits per heavy atom. The monoisotopic (exact) mass is 580 g/mol. The third-order valence-corrected chi connectivity index (χ3v) is 9.25. The van der Waals surface area contributed by atoms with Crippen LogP contribution in [0.4, 0.5) is 0 Å². The van der Waals surface area contributed by atoms with Crippen LogP contribution in [0.5, 0.6) is 0 Å². The smallest absolute Gasteiger partial charge is 0.326 e. The van der Waals surface area contributed by atoms with E-state index < -0.39 is 12.0 Å². The molecular formula is C32H40N2O4S2. The second-order valence-electron chi connectivity index (χ2n) is 10.6. The van der Waals surface area contributed by atoms with Gasteiger partial charge in [0.15, 0.2) is 0 Å². The number of carbonyl (C=O) groups excluding carboxylic acids is 1. The highest BCUT2D eigenvalue weighted by molar-refractivity contribution is 7.98. The van der Waals surface area contributed by atoms with E-state index in [1.807, 2.05) is 55.8 Å². The Hall–Kier alpha value is -2.68. The SMILES string of the molecule is CSCC[C@H](NC(=O)c1ccc(COC(CCC2CCCCC2)c2ccns2)cc1-c1ccccc1C)C(=O)O. The van der Waals surface area contributed by atoms with Gasteiger partial charge >= 0.3 is 5.97 Å². The van der Waals surface area contributed by atoms with E-state index in [-0.39, 0.29) is 12.0 Å². The second kappa shape index (κ2) is 15.4. The Labute approximate surface area is 246 Å². The molecule has 1 unspecified atom stereocenters. The molecule has 1 aromatic heterocycles. The van der Waals surface area contributed by atoms with Crippen molar-refractivity contribution in [2.75, 3.05) is 12.0 Å². The van der Waals surface area contributed by atoms with Crippen LogP contribution in [0, 0.1) is 12.8 Å². The fraction of sp³-hybridized carbons (Fsp3) is 0.469. The quantitative estimate of drug-likeness (QED) is 0.203. The number of ether oxygens (including phenoxy) is 1. The molecule has 8 heteroatoms. The number of carboxylic acids is 1. The molecule has 2 N–H and O–H groups in total. The molecule has 2 atom stereocenters.